The number of amides is 1. The van der Waals surface area contributed by atoms with Gasteiger partial charge >= 0.3 is 0 Å². The number of carbonyl (C=O) groups excluding carboxylic acids is 1. The second-order valence-corrected chi connectivity index (χ2v) is 9.00. The Morgan fingerprint density at radius 3 is 2.46 bits per heavy atom. The van der Waals surface area contributed by atoms with E-state index in [1.54, 1.807) is 4.90 Å². The highest BCUT2D eigenvalue weighted by atomic mass is 79.9. The summed E-state index contributed by atoms with van der Waals surface area (Å²) in [5, 5.41) is 0. The van der Waals surface area contributed by atoms with Gasteiger partial charge in [-0.25, -0.2) is 13.2 Å². The summed E-state index contributed by atoms with van der Waals surface area (Å²) >= 11 is 3.13. The first-order valence-corrected chi connectivity index (χ1v) is 11.6. The Labute approximate surface area is 207 Å². The van der Waals surface area contributed by atoms with Crippen LogP contribution in [0.2, 0.25) is 0 Å². The largest absolute Gasteiger partial charge is 0.472 e. The van der Waals surface area contributed by atoms with Gasteiger partial charge in [0.25, 0.3) is 11.5 Å². The van der Waals surface area contributed by atoms with Crippen LogP contribution < -0.4 is 10.3 Å². The summed E-state index contributed by atoms with van der Waals surface area (Å²) in [6, 6.07) is 6.89. The minimum absolute atomic E-state index is 0.0723. The molecular formula is C24H22BrF3N4O3. The zero-order chi connectivity index (χ0) is 25.3. The molecule has 2 heterocycles. The van der Waals surface area contributed by atoms with Gasteiger partial charge in [0.05, 0.1) is 5.69 Å². The maximum atomic E-state index is 14.8. The summed E-state index contributed by atoms with van der Waals surface area (Å²) in [6.07, 6.45) is 0. The maximum Gasteiger partial charge on any atom is 0.276 e. The molecule has 1 aliphatic heterocycles. The average Bonchev–Trinajstić information content (AvgIpc) is 2.82. The molecule has 0 bridgehead atoms. The van der Waals surface area contributed by atoms with Gasteiger partial charge in [-0.15, -0.1) is 0 Å². The molecule has 1 aromatic heterocycles. The van der Waals surface area contributed by atoms with Crippen LogP contribution in [0, 0.1) is 24.4 Å². The predicted molar refractivity (Wildman–Crippen MR) is 126 cm³/mol. The van der Waals surface area contributed by atoms with Crippen molar-refractivity contribution in [2.75, 3.05) is 33.2 Å². The lowest BCUT2D eigenvalue weighted by molar-refractivity contribution is 0.0664. The minimum Gasteiger partial charge on any atom is -0.472 e. The van der Waals surface area contributed by atoms with Crippen molar-refractivity contribution in [2.45, 2.75) is 13.5 Å². The molecule has 0 atom stereocenters. The fourth-order valence-electron chi connectivity index (χ4n) is 3.76. The predicted octanol–water partition coefficient (Wildman–Crippen LogP) is 3.69. The Balaban J connectivity index is 1.63. The van der Waals surface area contributed by atoms with E-state index >= 15 is 0 Å². The number of nitrogens with zero attached hydrogens (tertiary/aromatic N) is 4. The molecule has 1 aliphatic rings. The molecule has 0 aliphatic carbocycles. The molecule has 0 unspecified atom stereocenters. The van der Waals surface area contributed by atoms with E-state index in [1.807, 2.05) is 7.05 Å². The summed E-state index contributed by atoms with van der Waals surface area (Å²) < 4.78 is 48.2. The van der Waals surface area contributed by atoms with E-state index in [2.05, 4.69) is 25.8 Å². The van der Waals surface area contributed by atoms with Gasteiger partial charge in [-0.1, -0.05) is 0 Å². The number of carbonyl (C=O) groups is 1. The lowest BCUT2D eigenvalue weighted by atomic mass is 10.1. The second-order valence-electron chi connectivity index (χ2n) is 8.20. The number of halogens is 4. The van der Waals surface area contributed by atoms with Crippen molar-refractivity contribution < 1.29 is 22.7 Å². The Morgan fingerprint density at radius 2 is 1.77 bits per heavy atom. The topological polar surface area (TPSA) is 67.7 Å². The van der Waals surface area contributed by atoms with Crippen LogP contribution in [0.5, 0.6) is 5.88 Å². The lowest BCUT2D eigenvalue weighted by Gasteiger charge is -2.32. The van der Waals surface area contributed by atoms with Gasteiger partial charge in [-0.05, 0) is 60.2 Å². The highest BCUT2D eigenvalue weighted by Gasteiger charge is 2.23. The van der Waals surface area contributed by atoms with Crippen LogP contribution >= 0.6 is 15.9 Å². The first-order valence-electron chi connectivity index (χ1n) is 10.8. The van der Waals surface area contributed by atoms with Gasteiger partial charge in [0.15, 0.2) is 0 Å². The van der Waals surface area contributed by atoms with Gasteiger partial charge in [0.1, 0.15) is 34.4 Å². The Kier molecular flexibility index (Phi) is 7.27. The molecule has 35 heavy (non-hydrogen) atoms. The summed E-state index contributed by atoms with van der Waals surface area (Å²) in [6.45, 7) is 3.75. The zero-order valence-electron chi connectivity index (χ0n) is 19.0. The lowest BCUT2D eigenvalue weighted by Crippen LogP contribution is -2.47. The third kappa shape index (κ3) is 5.25. The second kappa shape index (κ2) is 10.2. The summed E-state index contributed by atoms with van der Waals surface area (Å²) in [5.41, 5.74) is -0.476. The molecule has 3 aromatic rings. The average molecular weight is 551 g/mol. The van der Waals surface area contributed by atoms with Crippen LogP contribution in [0.3, 0.4) is 0 Å². The van der Waals surface area contributed by atoms with Gasteiger partial charge in [-0.2, -0.15) is 4.98 Å². The van der Waals surface area contributed by atoms with Crippen molar-refractivity contribution in [3.8, 4) is 11.6 Å². The number of rotatable bonds is 5. The fraction of sp³-hybridized carbons (Fsp3) is 0.292. The van der Waals surface area contributed by atoms with Crippen molar-refractivity contribution >= 4 is 21.8 Å². The molecule has 11 heteroatoms. The Bertz CT molecular complexity index is 1340. The van der Waals surface area contributed by atoms with Gasteiger partial charge in [0, 0.05) is 43.4 Å². The molecule has 184 valence electrons. The van der Waals surface area contributed by atoms with E-state index in [-0.39, 0.29) is 45.5 Å². The molecule has 0 radical (unpaired) electrons. The van der Waals surface area contributed by atoms with Crippen molar-refractivity contribution in [3.05, 3.63) is 85.6 Å². The highest BCUT2D eigenvalue weighted by molar-refractivity contribution is 9.10. The highest BCUT2D eigenvalue weighted by Crippen LogP contribution is 2.24. The number of ether oxygens (including phenoxy) is 1. The molecule has 0 saturated carbocycles. The summed E-state index contributed by atoms with van der Waals surface area (Å²) in [4.78, 5) is 34.1. The van der Waals surface area contributed by atoms with Crippen LogP contribution in [0.1, 0.15) is 21.7 Å². The third-order valence-corrected chi connectivity index (χ3v) is 6.45. The number of benzene rings is 2. The van der Waals surface area contributed by atoms with Gasteiger partial charge in [0.2, 0.25) is 5.88 Å². The first kappa shape index (κ1) is 24.9. The molecule has 1 amide bonds. The first-order chi connectivity index (χ1) is 16.7. The van der Waals surface area contributed by atoms with E-state index in [0.717, 1.165) is 35.9 Å². The third-order valence-electron chi connectivity index (χ3n) is 5.77. The molecule has 0 spiro atoms. The quantitative estimate of drug-likeness (QED) is 0.484. The van der Waals surface area contributed by atoms with Crippen molar-refractivity contribution in [1.29, 1.82) is 0 Å². The standard InChI is InChI=1S/C24H22BrF3N4O3/c1-14-29-22(35-13-16-3-5-17(26)12-19(16)28)21(25)24(34)32(14)20-11-15(4-6-18(20)27)23(33)31-9-7-30(2)8-10-31/h3-6,11-12H,7-10,13H2,1-2H3. The number of aromatic nitrogens is 2. The van der Waals surface area contributed by atoms with E-state index in [4.69, 9.17) is 4.74 Å². The molecule has 7 nitrogen and oxygen atoms in total. The van der Waals surface area contributed by atoms with E-state index < -0.39 is 23.0 Å². The van der Waals surface area contributed by atoms with Crippen LogP contribution in [0.4, 0.5) is 13.2 Å². The minimum atomic E-state index is -0.796. The zero-order valence-corrected chi connectivity index (χ0v) is 20.6. The van der Waals surface area contributed by atoms with Crippen molar-refractivity contribution in [1.82, 2.24) is 19.4 Å². The molecule has 1 fully saturated rings. The normalized spacial score (nSPS) is 14.3. The van der Waals surface area contributed by atoms with Crippen LogP contribution in [0.25, 0.3) is 5.69 Å². The van der Waals surface area contributed by atoms with Gasteiger partial charge < -0.3 is 14.5 Å². The monoisotopic (exact) mass is 550 g/mol. The molecule has 4 rings (SSSR count). The maximum absolute atomic E-state index is 14.8. The number of hydrogen-bond acceptors (Lipinski definition) is 5. The van der Waals surface area contributed by atoms with E-state index in [0.29, 0.717) is 13.1 Å². The van der Waals surface area contributed by atoms with Crippen LogP contribution in [0.15, 0.2) is 45.7 Å². The smallest absolute Gasteiger partial charge is 0.276 e. The summed E-state index contributed by atoms with van der Waals surface area (Å²) in [7, 11) is 1.97. The van der Waals surface area contributed by atoms with Crippen LogP contribution in [-0.4, -0.2) is 58.5 Å². The number of hydrogen-bond donors (Lipinski definition) is 0. The molecule has 0 N–H and O–H groups in total. The molecule has 1 saturated heterocycles. The number of likely N-dealkylation sites (N-methyl/N-ethyl adjacent to an activating group) is 1. The SMILES string of the molecule is Cc1nc(OCc2ccc(F)cc2F)c(Br)c(=O)n1-c1cc(C(=O)N2CCN(C)CC2)ccc1F. The number of piperazine rings is 1. The Hall–Kier alpha value is -3.18. The van der Waals surface area contributed by atoms with E-state index in [9.17, 15) is 22.8 Å². The Morgan fingerprint density at radius 1 is 1.06 bits per heavy atom. The van der Waals surface area contributed by atoms with Crippen LogP contribution in [-0.2, 0) is 6.61 Å². The van der Waals surface area contributed by atoms with Crippen molar-refractivity contribution in [3.63, 3.8) is 0 Å². The van der Waals surface area contributed by atoms with Gasteiger partial charge in [-0.3, -0.25) is 14.2 Å². The molecule has 2 aromatic carbocycles. The van der Waals surface area contributed by atoms with E-state index in [1.165, 1.54) is 25.1 Å². The number of aryl methyl sites for hydroxylation is 1. The molecular weight excluding hydrogens is 529 g/mol. The fourth-order valence-corrected chi connectivity index (χ4v) is 4.14. The summed E-state index contributed by atoms with van der Waals surface area (Å²) in [5.74, 6) is -2.51. The van der Waals surface area contributed by atoms with Crippen molar-refractivity contribution in [2.24, 2.45) is 0 Å².